The van der Waals surface area contributed by atoms with Crippen LogP contribution < -0.4 is 0 Å². The van der Waals surface area contributed by atoms with E-state index in [-0.39, 0.29) is 11.4 Å². The lowest BCUT2D eigenvalue weighted by atomic mass is 10.0. The van der Waals surface area contributed by atoms with E-state index >= 15 is 0 Å². The Morgan fingerprint density at radius 2 is 2.00 bits per heavy atom. The SMILES string of the molecule is Cc1ccc(F)cc1-c1n[nH]c(=S)n1C(C)(C)C. The van der Waals surface area contributed by atoms with Crippen molar-refractivity contribution in [2.75, 3.05) is 0 Å². The number of hydrogen-bond donors (Lipinski definition) is 1. The fraction of sp³-hybridized carbons (Fsp3) is 0.385. The van der Waals surface area contributed by atoms with Crippen molar-refractivity contribution in [3.05, 3.63) is 34.4 Å². The third kappa shape index (κ3) is 2.22. The zero-order chi connectivity index (χ0) is 13.5. The lowest BCUT2D eigenvalue weighted by molar-refractivity contribution is 0.395. The Hall–Kier alpha value is -1.49. The molecule has 5 heteroatoms. The maximum absolute atomic E-state index is 13.4. The lowest BCUT2D eigenvalue weighted by Gasteiger charge is -2.23. The molecule has 1 N–H and O–H groups in total. The number of rotatable bonds is 1. The van der Waals surface area contributed by atoms with Crippen molar-refractivity contribution in [2.24, 2.45) is 0 Å². The first-order chi connectivity index (χ1) is 8.30. The number of aromatic nitrogens is 3. The number of benzene rings is 1. The van der Waals surface area contributed by atoms with Gasteiger partial charge in [0, 0.05) is 11.1 Å². The smallest absolute Gasteiger partial charge is 0.195 e. The maximum atomic E-state index is 13.4. The molecular weight excluding hydrogens is 249 g/mol. The van der Waals surface area contributed by atoms with Gasteiger partial charge in [0.2, 0.25) is 0 Å². The second-order valence-corrected chi connectivity index (χ2v) is 5.70. The number of halogens is 1. The van der Waals surface area contributed by atoms with E-state index in [1.165, 1.54) is 12.1 Å². The molecule has 0 aliphatic rings. The molecule has 18 heavy (non-hydrogen) atoms. The van der Waals surface area contributed by atoms with Gasteiger partial charge in [0.1, 0.15) is 5.82 Å². The number of H-pyrrole nitrogens is 1. The van der Waals surface area contributed by atoms with Crippen LogP contribution in [-0.2, 0) is 5.54 Å². The van der Waals surface area contributed by atoms with Crippen LogP contribution in [0.5, 0.6) is 0 Å². The summed E-state index contributed by atoms with van der Waals surface area (Å²) >= 11 is 5.25. The first-order valence-corrected chi connectivity index (χ1v) is 6.16. The molecule has 0 bridgehead atoms. The molecule has 1 aromatic carbocycles. The lowest BCUT2D eigenvalue weighted by Crippen LogP contribution is -2.23. The minimum absolute atomic E-state index is 0.210. The molecule has 0 saturated carbocycles. The summed E-state index contributed by atoms with van der Waals surface area (Å²) in [7, 11) is 0. The Morgan fingerprint density at radius 1 is 1.33 bits per heavy atom. The molecule has 1 heterocycles. The molecule has 0 amide bonds. The molecule has 0 aliphatic carbocycles. The van der Waals surface area contributed by atoms with Crippen molar-refractivity contribution in [2.45, 2.75) is 33.2 Å². The van der Waals surface area contributed by atoms with Crippen LogP contribution in [0.25, 0.3) is 11.4 Å². The monoisotopic (exact) mass is 265 g/mol. The predicted octanol–water partition coefficient (Wildman–Crippen LogP) is 3.81. The van der Waals surface area contributed by atoms with Crippen molar-refractivity contribution in [3.63, 3.8) is 0 Å². The first kappa shape index (κ1) is 13.0. The Morgan fingerprint density at radius 3 is 2.61 bits per heavy atom. The van der Waals surface area contributed by atoms with E-state index < -0.39 is 0 Å². The zero-order valence-electron chi connectivity index (χ0n) is 10.9. The molecule has 0 saturated heterocycles. The summed E-state index contributed by atoms with van der Waals surface area (Å²) in [6.45, 7) is 8.04. The number of nitrogens with zero attached hydrogens (tertiary/aromatic N) is 2. The third-order valence-electron chi connectivity index (χ3n) is 2.78. The number of aromatic amines is 1. The minimum Gasteiger partial charge on any atom is -0.295 e. The average Bonchev–Trinajstić information content (AvgIpc) is 2.63. The molecule has 0 atom stereocenters. The van der Waals surface area contributed by atoms with E-state index in [1.54, 1.807) is 6.07 Å². The molecule has 0 radical (unpaired) electrons. The highest BCUT2D eigenvalue weighted by Gasteiger charge is 2.21. The molecule has 3 nitrogen and oxygen atoms in total. The second-order valence-electron chi connectivity index (χ2n) is 5.32. The summed E-state index contributed by atoms with van der Waals surface area (Å²) in [5.41, 5.74) is 1.52. The van der Waals surface area contributed by atoms with Crippen molar-refractivity contribution >= 4 is 12.2 Å². The Bertz CT molecular complexity index is 634. The zero-order valence-corrected chi connectivity index (χ0v) is 11.7. The van der Waals surface area contributed by atoms with Crippen LogP contribution in [-0.4, -0.2) is 14.8 Å². The molecule has 0 unspecified atom stereocenters. The summed E-state index contributed by atoms with van der Waals surface area (Å²) in [6, 6.07) is 4.68. The number of nitrogens with one attached hydrogen (secondary N) is 1. The number of hydrogen-bond acceptors (Lipinski definition) is 2. The maximum Gasteiger partial charge on any atom is 0.195 e. The Balaban J connectivity index is 2.73. The molecule has 0 aliphatic heterocycles. The molecular formula is C13H16FN3S. The highest BCUT2D eigenvalue weighted by atomic mass is 32.1. The molecule has 0 spiro atoms. The Kier molecular flexibility index (Phi) is 3.11. The summed E-state index contributed by atoms with van der Waals surface area (Å²) in [6.07, 6.45) is 0. The van der Waals surface area contributed by atoms with Gasteiger partial charge < -0.3 is 0 Å². The van der Waals surface area contributed by atoms with Crippen LogP contribution in [0.15, 0.2) is 18.2 Å². The molecule has 1 aromatic heterocycles. The standard InChI is InChI=1S/C13H16FN3S/c1-8-5-6-9(14)7-10(8)11-15-16-12(18)17(11)13(2,3)4/h5-7H,1-4H3,(H,16,18). The highest BCUT2D eigenvalue weighted by molar-refractivity contribution is 7.71. The van der Waals surface area contributed by atoms with E-state index in [1.807, 2.05) is 32.3 Å². The van der Waals surface area contributed by atoms with Gasteiger partial charge in [-0.3, -0.25) is 9.67 Å². The Labute approximate surface area is 111 Å². The van der Waals surface area contributed by atoms with Crippen LogP contribution in [0.3, 0.4) is 0 Å². The van der Waals surface area contributed by atoms with E-state index in [2.05, 4.69) is 10.2 Å². The average molecular weight is 265 g/mol. The van der Waals surface area contributed by atoms with E-state index in [9.17, 15) is 4.39 Å². The van der Waals surface area contributed by atoms with E-state index in [0.29, 0.717) is 10.6 Å². The van der Waals surface area contributed by atoms with E-state index in [4.69, 9.17) is 12.2 Å². The summed E-state index contributed by atoms with van der Waals surface area (Å²) < 4.78 is 15.8. The fourth-order valence-electron chi connectivity index (χ4n) is 1.94. The summed E-state index contributed by atoms with van der Waals surface area (Å²) in [5, 5.41) is 7.02. The predicted molar refractivity (Wildman–Crippen MR) is 72.5 cm³/mol. The first-order valence-electron chi connectivity index (χ1n) is 5.75. The van der Waals surface area contributed by atoms with Gasteiger partial charge in [-0.1, -0.05) is 6.07 Å². The van der Waals surface area contributed by atoms with Crippen molar-refractivity contribution in [1.82, 2.24) is 14.8 Å². The molecule has 2 aromatic rings. The van der Waals surface area contributed by atoms with Gasteiger partial charge in [-0.2, -0.15) is 5.10 Å². The van der Waals surface area contributed by atoms with Crippen molar-refractivity contribution in [1.29, 1.82) is 0 Å². The van der Waals surface area contributed by atoms with Crippen LogP contribution >= 0.6 is 12.2 Å². The quantitative estimate of drug-likeness (QED) is 0.795. The van der Waals surface area contributed by atoms with Crippen molar-refractivity contribution in [3.8, 4) is 11.4 Å². The van der Waals surface area contributed by atoms with Gasteiger partial charge in [-0.15, -0.1) is 0 Å². The van der Waals surface area contributed by atoms with Gasteiger partial charge in [-0.05, 0) is 57.6 Å². The fourth-order valence-corrected chi connectivity index (χ4v) is 2.34. The molecule has 0 fully saturated rings. The van der Waals surface area contributed by atoms with E-state index in [0.717, 1.165) is 11.1 Å². The summed E-state index contributed by atoms with van der Waals surface area (Å²) in [5.74, 6) is 0.398. The van der Waals surface area contributed by atoms with Gasteiger partial charge in [0.25, 0.3) is 0 Å². The van der Waals surface area contributed by atoms with Gasteiger partial charge in [-0.25, -0.2) is 4.39 Å². The van der Waals surface area contributed by atoms with Crippen LogP contribution in [0.2, 0.25) is 0 Å². The van der Waals surface area contributed by atoms with Crippen LogP contribution in [0.4, 0.5) is 4.39 Å². The van der Waals surface area contributed by atoms with Crippen molar-refractivity contribution < 1.29 is 4.39 Å². The molecule has 2 rings (SSSR count). The van der Waals surface area contributed by atoms with Gasteiger partial charge in [0.05, 0.1) is 0 Å². The van der Waals surface area contributed by atoms with Crippen LogP contribution in [0.1, 0.15) is 26.3 Å². The largest absolute Gasteiger partial charge is 0.295 e. The van der Waals surface area contributed by atoms with Gasteiger partial charge in [0.15, 0.2) is 10.6 Å². The topological polar surface area (TPSA) is 33.6 Å². The summed E-state index contributed by atoms with van der Waals surface area (Å²) in [4.78, 5) is 0. The minimum atomic E-state index is -0.273. The normalized spacial score (nSPS) is 11.8. The molecule has 96 valence electrons. The van der Waals surface area contributed by atoms with Crippen LogP contribution in [0, 0.1) is 17.5 Å². The second kappa shape index (κ2) is 4.31. The number of aryl methyl sites for hydroxylation is 1. The highest BCUT2D eigenvalue weighted by Crippen LogP contribution is 2.27. The third-order valence-corrected chi connectivity index (χ3v) is 3.06. The van der Waals surface area contributed by atoms with Gasteiger partial charge >= 0.3 is 0 Å².